The number of nitrogens with one attached hydrogen (secondary N) is 1. The molecule has 1 aromatic rings. The van der Waals surface area contributed by atoms with Crippen LogP contribution in [-0.4, -0.2) is 26.4 Å². The van der Waals surface area contributed by atoms with Crippen LogP contribution in [0.2, 0.25) is 0 Å². The van der Waals surface area contributed by atoms with Gasteiger partial charge < -0.3 is 9.47 Å². The Morgan fingerprint density at radius 2 is 2.00 bits per heavy atom. The molecule has 0 radical (unpaired) electrons. The first kappa shape index (κ1) is 14.0. The van der Waals surface area contributed by atoms with Crippen molar-refractivity contribution in [2.24, 2.45) is 11.8 Å². The second kappa shape index (κ2) is 8.06. The molecule has 0 saturated heterocycles. The maximum Gasteiger partial charge on any atom is 0.119 e. The average molecular weight is 238 g/mol. The number of ether oxygens (including phenoxy) is 2. The fraction of sp³-hybridized carbons (Fsp3) is 0.538. The van der Waals surface area contributed by atoms with Crippen molar-refractivity contribution in [3.8, 4) is 5.75 Å². The number of rotatable bonds is 8. The summed E-state index contributed by atoms with van der Waals surface area (Å²) in [7, 11) is 1.71. The molecule has 1 aromatic carbocycles. The molecular formula is C13H22N2O2. The van der Waals surface area contributed by atoms with Crippen LogP contribution in [0.25, 0.3) is 0 Å². The van der Waals surface area contributed by atoms with Crippen LogP contribution in [-0.2, 0) is 4.74 Å². The molecule has 17 heavy (non-hydrogen) atoms. The second-order valence-corrected chi connectivity index (χ2v) is 4.16. The zero-order valence-corrected chi connectivity index (χ0v) is 10.6. The molecule has 1 rings (SSSR count). The zero-order chi connectivity index (χ0) is 12.5. The molecule has 0 aliphatic heterocycles. The van der Waals surface area contributed by atoms with Crippen LogP contribution in [0.5, 0.6) is 5.75 Å². The highest BCUT2D eigenvalue weighted by atomic mass is 16.5. The van der Waals surface area contributed by atoms with E-state index >= 15 is 0 Å². The fourth-order valence-electron chi connectivity index (χ4n) is 1.58. The highest BCUT2D eigenvalue weighted by Crippen LogP contribution is 2.12. The largest absolute Gasteiger partial charge is 0.492 e. The van der Waals surface area contributed by atoms with Gasteiger partial charge in [0.2, 0.25) is 0 Å². The summed E-state index contributed by atoms with van der Waals surface area (Å²) in [6.45, 7) is 3.44. The van der Waals surface area contributed by atoms with Crippen molar-refractivity contribution in [3.63, 3.8) is 0 Å². The number of nitrogens with two attached hydrogens (primary N) is 1. The van der Waals surface area contributed by atoms with E-state index in [1.807, 2.05) is 30.3 Å². The van der Waals surface area contributed by atoms with Crippen molar-refractivity contribution in [1.82, 2.24) is 5.43 Å². The van der Waals surface area contributed by atoms with Crippen LogP contribution < -0.4 is 16.0 Å². The molecule has 3 N–H and O–H groups in total. The third-order valence-corrected chi connectivity index (χ3v) is 2.85. The molecule has 0 heterocycles. The van der Waals surface area contributed by atoms with Crippen molar-refractivity contribution in [2.45, 2.75) is 19.4 Å². The fourth-order valence-corrected chi connectivity index (χ4v) is 1.58. The Bertz CT molecular complexity index is 293. The number of hydrogen-bond donors (Lipinski definition) is 2. The first-order chi connectivity index (χ1) is 8.27. The summed E-state index contributed by atoms with van der Waals surface area (Å²) in [6.07, 6.45) is 0.962. The molecule has 0 aliphatic rings. The van der Waals surface area contributed by atoms with Crippen LogP contribution in [0.3, 0.4) is 0 Å². The molecule has 2 atom stereocenters. The quantitative estimate of drug-likeness (QED) is 0.533. The van der Waals surface area contributed by atoms with Gasteiger partial charge in [-0.15, -0.1) is 0 Å². The molecular weight excluding hydrogens is 216 g/mol. The van der Waals surface area contributed by atoms with Gasteiger partial charge in [-0.05, 0) is 24.5 Å². The molecule has 0 aromatic heterocycles. The van der Waals surface area contributed by atoms with Crippen LogP contribution in [0, 0.1) is 5.92 Å². The van der Waals surface area contributed by atoms with Crippen molar-refractivity contribution >= 4 is 0 Å². The summed E-state index contributed by atoms with van der Waals surface area (Å²) in [5.74, 6) is 6.81. The second-order valence-electron chi connectivity index (χ2n) is 4.16. The highest BCUT2D eigenvalue weighted by Gasteiger charge is 2.16. The molecule has 0 saturated carbocycles. The molecule has 2 unspecified atom stereocenters. The maximum absolute atomic E-state index is 5.68. The molecule has 96 valence electrons. The van der Waals surface area contributed by atoms with Crippen LogP contribution in [0.1, 0.15) is 13.3 Å². The van der Waals surface area contributed by atoms with E-state index in [4.69, 9.17) is 15.3 Å². The number of methoxy groups -OCH3 is 1. The summed E-state index contributed by atoms with van der Waals surface area (Å²) in [5.41, 5.74) is 2.80. The lowest BCUT2D eigenvalue weighted by molar-refractivity contribution is 0.154. The van der Waals surface area contributed by atoms with Gasteiger partial charge in [-0.3, -0.25) is 11.3 Å². The standard InChI is InChI=1S/C13H22N2O2/c1-11(8-9-16-2)13(15-14)10-17-12-6-4-3-5-7-12/h3-7,11,13,15H,8-10,14H2,1-2H3. The van der Waals surface area contributed by atoms with E-state index < -0.39 is 0 Å². The predicted octanol–water partition coefficient (Wildman–Crippen LogP) is 1.57. The van der Waals surface area contributed by atoms with Crippen molar-refractivity contribution in [3.05, 3.63) is 30.3 Å². The Hall–Kier alpha value is -1.10. The van der Waals surface area contributed by atoms with E-state index in [0.717, 1.165) is 18.8 Å². The molecule has 0 fully saturated rings. The summed E-state index contributed by atoms with van der Waals surface area (Å²) in [5, 5.41) is 0. The Labute approximate surface area is 103 Å². The number of para-hydroxylation sites is 1. The smallest absolute Gasteiger partial charge is 0.119 e. The normalized spacial score (nSPS) is 14.3. The SMILES string of the molecule is COCCC(C)C(COc1ccccc1)NN. The van der Waals surface area contributed by atoms with Crippen LogP contribution in [0.4, 0.5) is 0 Å². The van der Waals surface area contributed by atoms with Gasteiger partial charge in [0.1, 0.15) is 12.4 Å². The van der Waals surface area contributed by atoms with Gasteiger partial charge in [0, 0.05) is 13.7 Å². The lowest BCUT2D eigenvalue weighted by Gasteiger charge is -2.23. The number of benzene rings is 1. The topological polar surface area (TPSA) is 56.5 Å². The van der Waals surface area contributed by atoms with Gasteiger partial charge in [0.25, 0.3) is 0 Å². The first-order valence-corrected chi connectivity index (χ1v) is 5.90. The third-order valence-electron chi connectivity index (χ3n) is 2.85. The Morgan fingerprint density at radius 3 is 2.59 bits per heavy atom. The molecule has 4 heteroatoms. The van der Waals surface area contributed by atoms with Crippen LogP contribution in [0.15, 0.2) is 30.3 Å². The number of hydrogen-bond acceptors (Lipinski definition) is 4. The summed E-state index contributed by atoms with van der Waals surface area (Å²) in [4.78, 5) is 0. The van der Waals surface area contributed by atoms with E-state index in [0.29, 0.717) is 12.5 Å². The summed E-state index contributed by atoms with van der Waals surface area (Å²) in [6, 6.07) is 9.88. The minimum atomic E-state index is 0.130. The molecule has 0 aliphatic carbocycles. The maximum atomic E-state index is 5.68. The number of hydrazine groups is 1. The van der Waals surface area contributed by atoms with Crippen molar-refractivity contribution < 1.29 is 9.47 Å². The molecule has 0 spiro atoms. The van der Waals surface area contributed by atoms with E-state index in [9.17, 15) is 0 Å². The van der Waals surface area contributed by atoms with Gasteiger partial charge >= 0.3 is 0 Å². The van der Waals surface area contributed by atoms with Crippen molar-refractivity contribution in [2.75, 3.05) is 20.3 Å². The monoisotopic (exact) mass is 238 g/mol. The molecule has 0 bridgehead atoms. The van der Waals surface area contributed by atoms with Crippen molar-refractivity contribution in [1.29, 1.82) is 0 Å². The highest BCUT2D eigenvalue weighted by molar-refractivity contribution is 5.20. The molecule has 4 nitrogen and oxygen atoms in total. The minimum Gasteiger partial charge on any atom is -0.492 e. The van der Waals surface area contributed by atoms with E-state index in [2.05, 4.69) is 12.3 Å². The van der Waals surface area contributed by atoms with E-state index in [-0.39, 0.29) is 6.04 Å². The van der Waals surface area contributed by atoms with Gasteiger partial charge in [-0.25, -0.2) is 0 Å². The predicted molar refractivity (Wildman–Crippen MR) is 68.7 cm³/mol. The first-order valence-electron chi connectivity index (χ1n) is 5.90. The van der Waals surface area contributed by atoms with E-state index in [1.54, 1.807) is 7.11 Å². The van der Waals surface area contributed by atoms with Gasteiger partial charge in [-0.1, -0.05) is 25.1 Å². The Kier molecular flexibility index (Phi) is 6.62. The van der Waals surface area contributed by atoms with Gasteiger partial charge in [0.05, 0.1) is 6.04 Å². The molecule has 0 amide bonds. The third kappa shape index (κ3) is 5.17. The van der Waals surface area contributed by atoms with Crippen LogP contribution >= 0.6 is 0 Å². The summed E-state index contributed by atoms with van der Waals surface area (Å²) >= 11 is 0. The Balaban J connectivity index is 2.36. The van der Waals surface area contributed by atoms with Gasteiger partial charge in [-0.2, -0.15) is 0 Å². The van der Waals surface area contributed by atoms with E-state index in [1.165, 1.54) is 0 Å². The van der Waals surface area contributed by atoms with Gasteiger partial charge in [0.15, 0.2) is 0 Å². The lowest BCUT2D eigenvalue weighted by Crippen LogP contribution is -2.44. The summed E-state index contributed by atoms with van der Waals surface area (Å²) < 4.78 is 10.7. The lowest BCUT2D eigenvalue weighted by atomic mass is 10.00. The zero-order valence-electron chi connectivity index (χ0n) is 10.6. The Morgan fingerprint density at radius 1 is 1.29 bits per heavy atom. The average Bonchev–Trinajstić information content (AvgIpc) is 2.38. The minimum absolute atomic E-state index is 0.130.